The van der Waals surface area contributed by atoms with Crippen molar-refractivity contribution in [2.45, 2.75) is 0 Å². The molecule has 2 heterocycles. The summed E-state index contributed by atoms with van der Waals surface area (Å²) < 4.78 is 0. The maximum absolute atomic E-state index is 12.3. The number of carbonyl (C=O) groups excluding carboxylic acids is 2. The first-order chi connectivity index (χ1) is 12.1. The summed E-state index contributed by atoms with van der Waals surface area (Å²) in [6.07, 6.45) is 1.61. The van der Waals surface area contributed by atoms with Crippen LogP contribution in [-0.4, -0.2) is 21.8 Å². The Morgan fingerprint density at radius 2 is 1.72 bits per heavy atom. The second-order valence-electron chi connectivity index (χ2n) is 5.57. The average molecular weight is 353 g/mol. The summed E-state index contributed by atoms with van der Waals surface area (Å²) in [5.41, 5.74) is 7.27. The van der Waals surface area contributed by atoms with Crippen LogP contribution in [0.1, 0.15) is 20.8 Å². The van der Waals surface area contributed by atoms with Crippen LogP contribution in [0.3, 0.4) is 0 Å². The van der Waals surface area contributed by atoms with Crippen LogP contribution in [0.2, 0.25) is 5.02 Å². The first kappa shape index (κ1) is 15.3. The summed E-state index contributed by atoms with van der Waals surface area (Å²) >= 11 is 5.94. The molecule has 0 unspecified atom stereocenters. The Kier molecular flexibility index (Phi) is 3.66. The van der Waals surface area contributed by atoms with E-state index in [0.29, 0.717) is 16.3 Å². The monoisotopic (exact) mass is 352 g/mol. The lowest BCUT2D eigenvalue weighted by atomic mass is 10.2. The molecule has 25 heavy (non-hydrogen) atoms. The predicted molar refractivity (Wildman–Crippen MR) is 96.5 cm³/mol. The molecule has 0 fully saturated rings. The van der Waals surface area contributed by atoms with Crippen LogP contribution in [0.4, 0.5) is 0 Å². The van der Waals surface area contributed by atoms with Crippen molar-refractivity contribution < 1.29 is 9.59 Å². The predicted octanol–water partition coefficient (Wildman–Crippen LogP) is 3.38. The minimum Gasteiger partial charge on any atom is -0.360 e. The number of halogens is 1. The smallest absolute Gasteiger partial charge is 0.286 e. The lowest BCUT2D eigenvalue weighted by molar-refractivity contribution is 0.0845. The number of nitrogens with one attached hydrogen (secondary N) is 4. The van der Waals surface area contributed by atoms with Gasteiger partial charge in [-0.25, -0.2) is 0 Å². The highest BCUT2D eigenvalue weighted by atomic mass is 35.5. The van der Waals surface area contributed by atoms with Gasteiger partial charge in [0.25, 0.3) is 11.8 Å². The number of fused-ring (bicyclic) bond motifs is 2. The molecular formula is C18H13ClN4O2. The van der Waals surface area contributed by atoms with Gasteiger partial charge in [-0.3, -0.25) is 20.4 Å². The molecule has 2 aromatic carbocycles. The van der Waals surface area contributed by atoms with Crippen LogP contribution in [-0.2, 0) is 0 Å². The summed E-state index contributed by atoms with van der Waals surface area (Å²) in [7, 11) is 0. The van der Waals surface area contributed by atoms with E-state index in [4.69, 9.17) is 11.6 Å². The van der Waals surface area contributed by atoms with Gasteiger partial charge >= 0.3 is 0 Å². The van der Waals surface area contributed by atoms with Crippen molar-refractivity contribution in [3.05, 3.63) is 71.0 Å². The van der Waals surface area contributed by atoms with Gasteiger partial charge in [0.1, 0.15) is 5.69 Å². The van der Waals surface area contributed by atoms with E-state index in [1.54, 1.807) is 30.5 Å². The molecule has 2 amide bonds. The van der Waals surface area contributed by atoms with Gasteiger partial charge in [0, 0.05) is 33.0 Å². The van der Waals surface area contributed by atoms with Crippen molar-refractivity contribution in [3.63, 3.8) is 0 Å². The average Bonchev–Trinajstić information content (AvgIpc) is 3.23. The highest BCUT2D eigenvalue weighted by Gasteiger charge is 2.14. The summed E-state index contributed by atoms with van der Waals surface area (Å²) in [4.78, 5) is 30.5. The molecule has 4 rings (SSSR count). The minimum absolute atomic E-state index is 0.330. The number of para-hydroxylation sites is 1. The highest BCUT2D eigenvalue weighted by molar-refractivity contribution is 6.31. The van der Waals surface area contributed by atoms with Crippen molar-refractivity contribution in [2.75, 3.05) is 0 Å². The molecule has 0 aliphatic rings. The van der Waals surface area contributed by atoms with Crippen molar-refractivity contribution in [3.8, 4) is 0 Å². The molecule has 0 spiro atoms. The molecule has 0 saturated heterocycles. The van der Waals surface area contributed by atoms with Crippen LogP contribution in [0, 0.1) is 0 Å². The molecule has 0 saturated carbocycles. The van der Waals surface area contributed by atoms with E-state index in [0.717, 1.165) is 21.8 Å². The Hall–Kier alpha value is -3.25. The zero-order valence-electron chi connectivity index (χ0n) is 12.9. The molecule has 0 bridgehead atoms. The van der Waals surface area contributed by atoms with Gasteiger partial charge < -0.3 is 9.97 Å². The number of amides is 2. The van der Waals surface area contributed by atoms with Crippen molar-refractivity contribution in [1.29, 1.82) is 0 Å². The molecule has 124 valence electrons. The molecular weight excluding hydrogens is 340 g/mol. The second-order valence-corrected chi connectivity index (χ2v) is 6.01. The van der Waals surface area contributed by atoms with Crippen LogP contribution >= 0.6 is 11.6 Å². The van der Waals surface area contributed by atoms with E-state index >= 15 is 0 Å². The summed E-state index contributed by atoms with van der Waals surface area (Å²) in [5, 5.41) is 2.20. The van der Waals surface area contributed by atoms with E-state index in [1.165, 1.54) is 0 Å². The number of aromatic amines is 2. The molecule has 4 N–H and O–H groups in total. The second kappa shape index (κ2) is 5.99. The molecule has 7 heteroatoms. The number of H-pyrrole nitrogens is 2. The molecule has 6 nitrogen and oxygen atoms in total. The van der Waals surface area contributed by atoms with E-state index in [9.17, 15) is 9.59 Å². The molecule has 0 atom stereocenters. The van der Waals surface area contributed by atoms with Crippen LogP contribution < -0.4 is 10.9 Å². The fraction of sp³-hybridized carbons (Fsp3) is 0. The van der Waals surface area contributed by atoms with Crippen LogP contribution in [0.5, 0.6) is 0 Å². The third kappa shape index (κ3) is 2.83. The van der Waals surface area contributed by atoms with E-state index in [-0.39, 0.29) is 0 Å². The van der Waals surface area contributed by atoms with Gasteiger partial charge in [-0.2, -0.15) is 0 Å². The van der Waals surface area contributed by atoms with Crippen LogP contribution in [0.25, 0.3) is 21.8 Å². The first-order valence-corrected chi connectivity index (χ1v) is 7.95. The molecule has 4 aromatic rings. The fourth-order valence-electron chi connectivity index (χ4n) is 2.73. The Morgan fingerprint density at radius 1 is 0.920 bits per heavy atom. The van der Waals surface area contributed by atoms with Crippen molar-refractivity contribution in [2.24, 2.45) is 0 Å². The van der Waals surface area contributed by atoms with Gasteiger partial charge in [0.15, 0.2) is 0 Å². The standard InChI is InChI=1S/C18H13ClN4O2/c19-11-5-6-14-10(7-11)8-16(21-14)18(25)23-22-17(24)13-9-20-15-4-2-1-3-12(13)15/h1-9,20-21H,(H,22,24)(H,23,25). The lowest BCUT2D eigenvalue weighted by Gasteiger charge is -2.05. The summed E-state index contributed by atoms with van der Waals surface area (Å²) in [6, 6.07) is 14.4. The summed E-state index contributed by atoms with van der Waals surface area (Å²) in [6.45, 7) is 0. The van der Waals surface area contributed by atoms with Gasteiger partial charge in [0.05, 0.1) is 5.56 Å². The van der Waals surface area contributed by atoms with Crippen LogP contribution in [0.15, 0.2) is 54.7 Å². The number of hydrogen-bond acceptors (Lipinski definition) is 2. The maximum Gasteiger partial charge on any atom is 0.286 e. The number of hydrazine groups is 1. The molecule has 2 aromatic heterocycles. The first-order valence-electron chi connectivity index (χ1n) is 7.57. The largest absolute Gasteiger partial charge is 0.360 e. The molecule has 0 aliphatic carbocycles. The van der Waals surface area contributed by atoms with Gasteiger partial charge in [0.2, 0.25) is 0 Å². The fourth-order valence-corrected chi connectivity index (χ4v) is 2.91. The topological polar surface area (TPSA) is 89.8 Å². The SMILES string of the molecule is O=C(NNC(=O)c1c[nH]c2ccccc12)c1cc2cc(Cl)ccc2[nH]1. The normalized spacial score (nSPS) is 10.9. The molecule has 0 aliphatic heterocycles. The maximum atomic E-state index is 12.3. The molecule has 0 radical (unpaired) electrons. The third-order valence-electron chi connectivity index (χ3n) is 3.95. The van der Waals surface area contributed by atoms with Gasteiger partial charge in [-0.15, -0.1) is 0 Å². The number of aromatic nitrogens is 2. The van der Waals surface area contributed by atoms with Crippen molar-refractivity contribution in [1.82, 2.24) is 20.8 Å². The van der Waals surface area contributed by atoms with E-state index < -0.39 is 11.8 Å². The van der Waals surface area contributed by atoms with E-state index in [1.807, 2.05) is 24.3 Å². The zero-order chi connectivity index (χ0) is 17.4. The number of carbonyl (C=O) groups is 2. The Labute approximate surface area is 147 Å². The van der Waals surface area contributed by atoms with E-state index in [2.05, 4.69) is 20.8 Å². The number of benzene rings is 2. The summed E-state index contributed by atoms with van der Waals surface area (Å²) in [5.74, 6) is -0.842. The Bertz CT molecular complexity index is 1110. The number of rotatable bonds is 2. The number of hydrogen-bond donors (Lipinski definition) is 4. The zero-order valence-corrected chi connectivity index (χ0v) is 13.6. The third-order valence-corrected chi connectivity index (χ3v) is 4.19. The minimum atomic E-state index is -0.444. The van der Waals surface area contributed by atoms with Gasteiger partial charge in [-0.1, -0.05) is 29.8 Å². The quantitative estimate of drug-likeness (QED) is 0.417. The highest BCUT2D eigenvalue weighted by Crippen LogP contribution is 2.20. The Balaban J connectivity index is 1.50. The Morgan fingerprint density at radius 3 is 2.60 bits per heavy atom. The van der Waals surface area contributed by atoms with Gasteiger partial charge in [-0.05, 0) is 30.3 Å². The lowest BCUT2D eigenvalue weighted by Crippen LogP contribution is -2.41. The van der Waals surface area contributed by atoms with Crippen molar-refractivity contribution >= 4 is 45.2 Å².